The van der Waals surface area contributed by atoms with Gasteiger partial charge in [0.25, 0.3) is 0 Å². The highest BCUT2D eigenvalue weighted by Gasteiger charge is 2.25. The number of nitrogens with zero attached hydrogens (tertiary/aromatic N) is 2. The van der Waals surface area contributed by atoms with Gasteiger partial charge in [-0.3, -0.25) is 14.6 Å². The van der Waals surface area contributed by atoms with E-state index in [9.17, 15) is 13.6 Å². The van der Waals surface area contributed by atoms with Gasteiger partial charge in [0.05, 0.1) is 6.54 Å². The number of benzene rings is 1. The van der Waals surface area contributed by atoms with E-state index in [0.717, 1.165) is 32.2 Å². The maximum absolute atomic E-state index is 13.5. The third-order valence-electron chi connectivity index (χ3n) is 5.53. The minimum Gasteiger partial charge on any atom is -0.298 e. The summed E-state index contributed by atoms with van der Waals surface area (Å²) in [7, 11) is 0. The van der Waals surface area contributed by atoms with Crippen LogP contribution in [-0.4, -0.2) is 54.3 Å². The predicted octanol–water partition coefficient (Wildman–Crippen LogP) is 3.89. The SMILES string of the molecule is O=C(CC=Cc1c(F)cccc1F)CN1CCN(C2CCCCC2)CC1. The Morgan fingerprint density at radius 1 is 1.04 bits per heavy atom. The first-order valence-electron chi connectivity index (χ1n) is 9.72. The van der Waals surface area contributed by atoms with Crippen molar-refractivity contribution < 1.29 is 13.6 Å². The Bertz CT molecular complexity index is 613. The molecule has 2 fully saturated rings. The van der Waals surface area contributed by atoms with E-state index in [4.69, 9.17) is 0 Å². The number of Topliss-reactive ketones (excluding diaryl/α,β-unsaturated/α-hetero) is 1. The van der Waals surface area contributed by atoms with E-state index in [0.29, 0.717) is 6.54 Å². The van der Waals surface area contributed by atoms with E-state index in [2.05, 4.69) is 9.80 Å². The standard InChI is InChI=1S/C21H28F2N2O/c22-20-10-5-11-21(23)19(20)9-4-8-18(26)16-24-12-14-25(15-13-24)17-6-2-1-3-7-17/h4-5,9-11,17H,1-3,6-8,12-16H2. The van der Waals surface area contributed by atoms with Crippen molar-refractivity contribution in [1.82, 2.24) is 9.80 Å². The van der Waals surface area contributed by atoms with Crippen molar-refractivity contribution in [2.45, 2.75) is 44.6 Å². The second kappa shape index (κ2) is 9.38. The first-order valence-corrected chi connectivity index (χ1v) is 9.72. The van der Waals surface area contributed by atoms with E-state index in [-0.39, 0.29) is 17.8 Å². The summed E-state index contributed by atoms with van der Waals surface area (Å²) in [6, 6.07) is 4.51. The number of carbonyl (C=O) groups is 1. The van der Waals surface area contributed by atoms with Crippen LogP contribution < -0.4 is 0 Å². The van der Waals surface area contributed by atoms with Gasteiger partial charge in [-0.15, -0.1) is 0 Å². The molecule has 0 aromatic heterocycles. The van der Waals surface area contributed by atoms with Crippen molar-refractivity contribution in [2.75, 3.05) is 32.7 Å². The Morgan fingerprint density at radius 2 is 1.69 bits per heavy atom. The maximum atomic E-state index is 13.5. The molecule has 1 saturated carbocycles. The molecule has 3 nitrogen and oxygen atoms in total. The number of halogens is 2. The van der Waals surface area contributed by atoms with Crippen molar-refractivity contribution in [3.05, 3.63) is 41.5 Å². The van der Waals surface area contributed by atoms with E-state index >= 15 is 0 Å². The monoisotopic (exact) mass is 362 g/mol. The van der Waals surface area contributed by atoms with Gasteiger partial charge >= 0.3 is 0 Å². The molecule has 0 radical (unpaired) electrons. The lowest BCUT2D eigenvalue weighted by Gasteiger charge is -2.40. The average Bonchev–Trinajstić information content (AvgIpc) is 2.65. The van der Waals surface area contributed by atoms with Gasteiger partial charge in [-0.2, -0.15) is 0 Å². The zero-order valence-electron chi connectivity index (χ0n) is 15.3. The third-order valence-corrected chi connectivity index (χ3v) is 5.53. The van der Waals surface area contributed by atoms with Crippen LogP contribution in [0.3, 0.4) is 0 Å². The molecule has 0 spiro atoms. The molecule has 1 heterocycles. The average molecular weight is 362 g/mol. The second-order valence-corrected chi connectivity index (χ2v) is 7.38. The lowest BCUT2D eigenvalue weighted by Crippen LogP contribution is -2.51. The number of hydrogen-bond donors (Lipinski definition) is 0. The minimum atomic E-state index is -0.604. The maximum Gasteiger partial charge on any atom is 0.150 e. The van der Waals surface area contributed by atoms with Gasteiger partial charge in [0.2, 0.25) is 0 Å². The molecule has 1 aliphatic heterocycles. The van der Waals surface area contributed by atoms with Gasteiger partial charge in [0.1, 0.15) is 11.6 Å². The zero-order chi connectivity index (χ0) is 18.4. The van der Waals surface area contributed by atoms with Crippen LogP contribution in [0.4, 0.5) is 8.78 Å². The smallest absolute Gasteiger partial charge is 0.150 e. The van der Waals surface area contributed by atoms with Crippen LogP contribution in [0, 0.1) is 11.6 Å². The topological polar surface area (TPSA) is 23.6 Å². The largest absolute Gasteiger partial charge is 0.298 e. The summed E-state index contributed by atoms with van der Waals surface area (Å²) in [6.07, 6.45) is 9.82. The van der Waals surface area contributed by atoms with Crippen molar-refractivity contribution in [3.8, 4) is 0 Å². The molecule has 0 bridgehead atoms. The predicted molar refractivity (Wildman–Crippen MR) is 99.9 cm³/mol. The Kier molecular flexibility index (Phi) is 6.92. The van der Waals surface area contributed by atoms with Gasteiger partial charge in [0, 0.05) is 44.2 Å². The normalized spacial score (nSPS) is 20.7. The Labute approximate surface area is 154 Å². The number of ketones is 1. The Balaban J connectivity index is 1.41. The number of piperazine rings is 1. The molecule has 1 aromatic rings. The number of carbonyl (C=O) groups excluding carboxylic acids is 1. The van der Waals surface area contributed by atoms with Gasteiger partial charge < -0.3 is 0 Å². The summed E-state index contributed by atoms with van der Waals surface area (Å²) in [5, 5.41) is 0. The molecule has 0 N–H and O–H groups in total. The van der Waals surface area contributed by atoms with Crippen molar-refractivity contribution in [3.63, 3.8) is 0 Å². The van der Waals surface area contributed by atoms with Crippen LogP contribution in [0.15, 0.2) is 24.3 Å². The Hall–Kier alpha value is -1.59. The highest BCUT2D eigenvalue weighted by Crippen LogP contribution is 2.23. The van der Waals surface area contributed by atoms with E-state index in [1.807, 2.05) is 0 Å². The minimum absolute atomic E-state index is 0.0820. The fourth-order valence-corrected chi connectivity index (χ4v) is 4.02. The number of rotatable bonds is 6. The highest BCUT2D eigenvalue weighted by molar-refractivity contribution is 5.82. The molecule has 1 aliphatic carbocycles. The van der Waals surface area contributed by atoms with Crippen molar-refractivity contribution in [2.24, 2.45) is 0 Å². The molecule has 0 atom stereocenters. The molecule has 1 saturated heterocycles. The molecular formula is C21H28F2N2O. The summed E-state index contributed by atoms with van der Waals surface area (Å²) in [4.78, 5) is 16.9. The molecule has 0 amide bonds. The summed E-state index contributed by atoms with van der Waals surface area (Å²) >= 11 is 0. The molecule has 5 heteroatoms. The first-order chi connectivity index (χ1) is 12.6. The summed E-state index contributed by atoms with van der Waals surface area (Å²) in [5.74, 6) is -1.12. The van der Waals surface area contributed by atoms with E-state index in [1.165, 1.54) is 56.4 Å². The lowest BCUT2D eigenvalue weighted by molar-refractivity contribution is -0.119. The number of allylic oxidation sites excluding steroid dienone is 1. The van der Waals surface area contributed by atoms with Gasteiger partial charge in [-0.1, -0.05) is 37.5 Å². The summed E-state index contributed by atoms with van der Waals surface area (Å²) in [5.41, 5.74) is -0.0820. The van der Waals surface area contributed by atoms with E-state index < -0.39 is 11.6 Å². The zero-order valence-corrected chi connectivity index (χ0v) is 15.3. The van der Waals surface area contributed by atoms with Crippen LogP contribution >= 0.6 is 0 Å². The molecule has 2 aliphatic rings. The summed E-state index contributed by atoms with van der Waals surface area (Å²) in [6.45, 7) is 4.34. The first kappa shape index (κ1) is 19.2. The van der Waals surface area contributed by atoms with Gasteiger partial charge in [-0.05, 0) is 25.0 Å². The van der Waals surface area contributed by atoms with Crippen LogP contribution in [-0.2, 0) is 4.79 Å². The summed E-state index contributed by atoms with van der Waals surface area (Å²) < 4.78 is 27.1. The van der Waals surface area contributed by atoms with Gasteiger partial charge in [-0.25, -0.2) is 8.78 Å². The van der Waals surface area contributed by atoms with Crippen LogP contribution in [0.5, 0.6) is 0 Å². The van der Waals surface area contributed by atoms with Crippen molar-refractivity contribution >= 4 is 11.9 Å². The molecule has 3 rings (SSSR count). The van der Waals surface area contributed by atoms with Crippen LogP contribution in [0.1, 0.15) is 44.1 Å². The molecular weight excluding hydrogens is 334 g/mol. The Morgan fingerprint density at radius 3 is 2.35 bits per heavy atom. The lowest BCUT2D eigenvalue weighted by atomic mass is 9.94. The fraction of sp³-hybridized carbons (Fsp3) is 0.571. The number of hydrogen-bond acceptors (Lipinski definition) is 3. The second-order valence-electron chi connectivity index (χ2n) is 7.38. The van der Waals surface area contributed by atoms with Crippen molar-refractivity contribution in [1.29, 1.82) is 0 Å². The molecule has 0 unspecified atom stereocenters. The fourth-order valence-electron chi connectivity index (χ4n) is 4.02. The van der Waals surface area contributed by atoms with Crippen LogP contribution in [0.25, 0.3) is 6.08 Å². The molecule has 26 heavy (non-hydrogen) atoms. The van der Waals surface area contributed by atoms with E-state index in [1.54, 1.807) is 6.08 Å². The van der Waals surface area contributed by atoms with Gasteiger partial charge in [0.15, 0.2) is 5.78 Å². The van der Waals surface area contributed by atoms with Crippen LogP contribution in [0.2, 0.25) is 0 Å². The quantitative estimate of drug-likeness (QED) is 0.767. The molecule has 142 valence electrons. The molecule has 1 aromatic carbocycles. The highest BCUT2D eigenvalue weighted by atomic mass is 19.1. The third kappa shape index (κ3) is 5.21.